The van der Waals surface area contributed by atoms with Crippen LogP contribution in [0.3, 0.4) is 0 Å². The maximum absolute atomic E-state index is 5.52. The largest absolute Gasteiger partial charge is 0.380 e. The van der Waals surface area contributed by atoms with Crippen LogP contribution in [0, 0.1) is 0 Å². The molecule has 0 saturated carbocycles. The van der Waals surface area contributed by atoms with E-state index in [9.17, 15) is 0 Å². The van der Waals surface area contributed by atoms with Gasteiger partial charge in [-0.15, -0.1) is 0 Å². The number of nitrogens with zero attached hydrogens (tertiary/aromatic N) is 1. The zero-order chi connectivity index (χ0) is 10.1. The van der Waals surface area contributed by atoms with Crippen LogP contribution in [0.2, 0.25) is 0 Å². The summed E-state index contributed by atoms with van der Waals surface area (Å²) in [5, 5.41) is 0. The van der Waals surface area contributed by atoms with Gasteiger partial charge in [-0.3, -0.25) is 4.90 Å². The average molecular weight is 188 g/mol. The smallest absolute Gasteiger partial charge is 0.0593 e. The number of hydrogen-bond donors (Lipinski definition) is 1. The van der Waals surface area contributed by atoms with Gasteiger partial charge in [0.05, 0.1) is 6.61 Å². The Morgan fingerprint density at radius 3 is 2.38 bits per heavy atom. The summed E-state index contributed by atoms with van der Waals surface area (Å²) in [4.78, 5) is 2.34. The Balaban J connectivity index is 3.45. The van der Waals surface area contributed by atoms with Gasteiger partial charge in [0.1, 0.15) is 0 Å². The lowest BCUT2D eigenvalue weighted by atomic mass is 10.3. The molecule has 0 aliphatic rings. The fourth-order valence-electron chi connectivity index (χ4n) is 1.22. The molecule has 0 rings (SSSR count). The van der Waals surface area contributed by atoms with Crippen LogP contribution in [-0.4, -0.2) is 43.8 Å². The van der Waals surface area contributed by atoms with Crippen molar-refractivity contribution in [2.24, 2.45) is 5.73 Å². The lowest BCUT2D eigenvalue weighted by Crippen LogP contribution is -2.37. The molecule has 0 spiro atoms. The van der Waals surface area contributed by atoms with Crippen molar-refractivity contribution in [1.29, 1.82) is 0 Å². The Bertz CT molecular complexity index is 107. The summed E-state index contributed by atoms with van der Waals surface area (Å²) in [5.74, 6) is 0. The lowest BCUT2D eigenvalue weighted by molar-refractivity contribution is 0.0943. The molecule has 0 fully saturated rings. The van der Waals surface area contributed by atoms with E-state index >= 15 is 0 Å². The minimum atomic E-state index is 0.564. The first kappa shape index (κ1) is 12.9. The van der Waals surface area contributed by atoms with Crippen LogP contribution in [0.15, 0.2) is 0 Å². The Labute approximate surface area is 82.2 Å². The first-order chi connectivity index (χ1) is 6.22. The van der Waals surface area contributed by atoms with E-state index in [1.807, 2.05) is 0 Å². The molecular formula is C10H24N2O. The fourth-order valence-corrected chi connectivity index (χ4v) is 1.22. The summed E-state index contributed by atoms with van der Waals surface area (Å²) < 4.78 is 5.43. The molecule has 0 aromatic carbocycles. The highest BCUT2D eigenvalue weighted by molar-refractivity contribution is 4.62. The molecule has 80 valence electrons. The summed E-state index contributed by atoms with van der Waals surface area (Å²) in [6.07, 6.45) is 1.10. The summed E-state index contributed by atoms with van der Waals surface area (Å²) in [5.41, 5.74) is 5.52. The molecule has 3 heteroatoms. The van der Waals surface area contributed by atoms with Crippen molar-refractivity contribution in [2.75, 3.05) is 32.8 Å². The molecule has 0 unspecified atom stereocenters. The Hall–Kier alpha value is -0.120. The van der Waals surface area contributed by atoms with Gasteiger partial charge in [0.15, 0.2) is 0 Å². The maximum atomic E-state index is 5.52. The minimum absolute atomic E-state index is 0.564. The Morgan fingerprint density at radius 2 is 1.92 bits per heavy atom. The Kier molecular flexibility index (Phi) is 8.40. The van der Waals surface area contributed by atoms with Crippen LogP contribution < -0.4 is 5.73 Å². The van der Waals surface area contributed by atoms with E-state index in [0.717, 1.165) is 39.3 Å². The van der Waals surface area contributed by atoms with Gasteiger partial charge in [-0.25, -0.2) is 0 Å². The number of rotatable bonds is 8. The first-order valence-corrected chi connectivity index (χ1v) is 5.24. The third kappa shape index (κ3) is 6.99. The molecule has 0 saturated heterocycles. The zero-order valence-corrected chi connectivity index (χ0v) is 9.25. The van der Waals surface area contributed by atoms with Gasteiger partial charge in [-0.05, 0) is 20.3 Å². The molecule has 13 heavy (non-hydrogen) atoms. The van der Waals surface area contributed by atoms with E-state index in [1.54, 1.807) is 0 Å². The van der Waals surface area contributed by atoms with E-state index in [4.69, 9.17) is 10.5 Å². The molecule has 0 aliphatic carbocycles. The van der Waals surface area contributed by atoms with Crippen molar-refractivity contribution < 1.29 is 4.74 Å². The number of nitrogens with two attached hydrogens (primary N) is 1. The highest BCUT2D eigenvalue weighted by Gasteiger charge is 2.06. The lowest BCUT2D eigenvalue weighted by Gasteiger charge is -2.25. The molecule has 3 nitrogen and oxygen atoms in total. The summed E-state index contributed by atoms with van der Waals surface area (Å²) in [6.45, 7) is 10.9. The fraction of sp³-hybridized carbons (Fsp3) is 1.00. The van der Waals surface area contributed by atoms with E-state index in [2.05, 4.69) is 25.7 Å². The highest BCUT2D eigenvalue weighted by atomic mass is 16.5. The van der Waals surface area contributed by atoms with Crippen LogP contribution in [0.25, 0.3) is 0 Å². The molecule has 0 aromatic heterocycles. The second-order valence-corrected chi connectivity index (χ2v) is 3.53. The normalized spacial score (nSPS) is 11.5. The molecular weight excluding hydrogens is 164 g/mol. The standard InChI is InChI=1S/C10H24N2O/c1-4-8-13-9-7-12(6-5-11)10(2)3/h10H,4-9,11H2,1-3H3. The SMILES string of the molecule is CCCOCCN(CCN)C(C)C. The van der Waals surface area contributed by atoms with Gasteiger partial charge in [0, 0.05) is 32.3 Å². The van der Waals surface area contributed by atoms with Crippen molar-refractivity contribution in [3.8, 4) is 0 Å². The third-order valence-electron chi connectivity index (χ3n) is 2.02. The van der Waals surface area contributed by atoms with Crippen LogP contribution in [0.4, 0.5) is 0 Å². The van der Waals surface area contributed by atoms with Crippen molar-refractivity contribution in [2.45, 2.75) is 33.2 Å². The number of hydrogen-bond acceptors (Lipinski definition) is 3. The maximum Gasteiger partial charge on any atom is 0.0593 e. The van der Waals surface area contributed by atoms with Crippen LogP contribution >= 0.6 is 0 Å². The monoisotopic (exact) mass is 188 g/mol. The second-order valence-electron chi connectivity index (χ2n) is 3.53. The molecule has 0 aliphatic heterocycles. The van der Waals surface area contributed by atoms with E-state index in [0.29, 0.717) is 6.04 Å². The van der Waals surface area contributed by atoms with Crippen LogP contribution in [-0.2, 0) is 4.74 Å². The van der Waals surface area contributed by atoms with Gasteiger partial charge in [0.25, 0.3) is 0 Å². The highest BCUT2D eigenvalue weighted by Crippen LogP contribution is 1.96. The van der Waals surface area contributed by atoms with E-state index in [-0.39, 0.29) is 0 Å². The van der Waals surface area contributed by atoms with Gasteiger partial charge < -0.3 is 10.5 Å². The topological polar surface area (TPSA) is 38.5 Å². The molecule has 0 amide bonds. The van der Waals surface area contributed by atoms with E-state index < -0.39 is 0 Å². The zero-order valence-electron chi connectivity index (χ0n) is 9.25. The molecule has 0 bridgehead atoms. The molecule has 0 aromatic rings. The van der Waals surface area contributed by atoms with Gasteiger partial charge >= 0.3 is 0 Å². The Morgan fingerprint density at radius 1 is 1.23 bits per heavy atom. The van der Waals surface area contributed by atoms with Crippen molar-refractivity contribution >= 4 is 0 Å². The first-order valence-electron chi connectivity index (χ1n) is 5.24. The predicted molar refractivity (Wildman–Crippen MR) is 56.9 cm³/mol. The summed E-state index contributed by atoms with van der Waals surface area (Å²) >= 11 is 0. The third-order valence-corrected chi connectivity index (χ3v) is 2.02. The molecule has 0 radical (unpaired) electrons. The molecule has 2 N–H and O–H groups in total. The number of ether oxygens (including phenoxy) is 1. The van der Waals surface area contributed by atoms with Crippen LogP contribution in [0.1, 0.15) is 27.2 Å². The van der Waals surface area contributed by atoms with E-state index in [1.165, 1.54) is 0 Å². The second kappa shape index (κ2) is 8.48. The van der Waals surface area contributed by atoms with Crippen molar-refractivity contribution in [1.82, 2.24) is 4.90 Å². The molecule has 0 heterocycles. The predicted octanol–water partition coefficient (Wildman–Crippen LogP) is 1.08. The van der Waals surface area contributed by atoms with Crippen molar-refractivity contribution in [3.63, 3.8) is 0 Å². The summed E-state index contributed by atoms with van der Waals surface area (Å²) in [7, 11) is 0. The minimum Gasteiger partial charge on any atom is -0.380 e. The van der Waals surface area contributed by atoms with Gasteiger partial charge in [-0.2, -0.15) is 0 Å². The van der Waals surface area contributed by atoms with Crippen LogP contribution in [0.5, 0.6) is 0 Å². The van der Waals surface area contributed by atoms with Gasteiger partial charge in [0.2, 0.25) is 0 Å². The summed E-state index contributed by atoms with van der Waals surface area (Å²) in [6, 6.07) is 0.564. The quantitative estimate of drug-likeness (QED) is 0.579. The average Bonchev–Trinajstić information content (AvgIpc) is 2.10. The van der Waals surface area contributed by atoms with Gasteiger partial charge in [-0.1, -0.05) is 6.92 Å². The van der Waals surface area contributed by atoms with Crippen molar-refractivity contribution in [3.05, 3.63) is 0 Å². The molecule has 0 atom stereocenters.